The number of aryl methyl sites for hydroxylation is 3. The first-order chi connectivity index (χ1) is 7.85. The van der Waals surface area contributed by atoms with Crippen molar-refractivity contribution in [1.82, 2.24) is 5.32 Å². The van der Waals surface area contributed by atoms with Gasteiger partial charge >= 0.3 is 0 Å². The summed E-state index contributed by atoms with van der Waals surface area (Å²) in [6, 6.07) is 4.52. The molecular weight excluding hydrogens is 208 g/mol. The average molecular weight is 234 g/mol. The van der Waals surface area contributed by atoms with Crippen molar-refractivity contribution >= 4 is 0 Å². The number of nitrogens with one attached hydrogen (secondary N) is 1. The molecule has 1 rings (SSSR count). The molecule has 0 spiro atoms. The van der Waals surface area contributed by atoms with E-state index in [1.54, 1.807) is 0 Å². The van der Waals surface area contributed by atoms with Gasteiger partial charge in [0.25, 0.3) is 0 Å². The molecule has 0 heterocycles. The van der Waals surface area contributed by atoms with E-state index in [0.29, 0.717) is 6.54 Å². The van der Waals surface area contributed by atoms with Gasteiger partial charge in [0.05, 0.1) is 0 Å². The van der Waals surface area contributed by atoms with Crippen LogP contribution in [0.25, 0.3) is 0 Å². The molecule has 0 aliphatic rings. The van der Waals surface area contributed by atoms with Gasteiger partial charge in [-0.15, -0.1) is 0 Å². The van der Waals surface area contributed by atoms with Crippen LogP contribution in [0.1, 0.15) is 36.1 Å². The minimum atomic E-state index is 0.0342. The fraction of sp³-hybridized carbons (Fsp3) is 0.600. The summed E-state index contributed by atoms with van der Waals surface area (Å²) in [6.45, 7) is 12.5. The van der Waals surface area contributed by atoms with Crippen LogP contribution >= 0.6 is 0 Å². The Labute approximate surface area is 106 Å². The molecule has 0 atom stereocenters. The van der Waals surface area contributed by atoms with Crippen LogP contribution < -0.4 is 11.1 Å². The fourth-order valence-electron chi connectivity index (χ4n) is 2.20. The number of nitrogens with two attached hydrogens (primary N) is 1. The second kappa shape index (κ2) is 5.65. The maximum absolute atomic E-state index is 5.70. The molecule has 0 amide bonds. The first-order valence-corrected chi connectivity index (χ1v) is 6.37. The monoisotopic (exact) mass is 234 g/mol. The Morgan fingerprint density at radius 2 is 1.65 bits per heavy atom. The quantitative estimate of drug-likeness (QED) is 0.821. The zero-order valence-electron chi connectivity index (χ0n) is 11.9. The van der Waals surface area contributed by atoms with E-state index < -0.39 is 0 Å². The van der Waals surface area contributed by atoms with Crippen molar-refractivity contribution in [3.8, 4) is 0 Å². The fourth-order valence-corrected chi connectivity index (χ4v) is 2.20. The number of rotatable bonds is 5. The van der Waals surface area contributed by atoms with E-state index in [0.717, 1.165) is 13.0 Å². The van der Waals surface area contributed by atoms with Gasteiger partial charge in [-0.3, -0.25) is 0 Å². The third-order valence-electron chi connectivity index (χ3n) is 3.33. The predicted octanol–water partition coefficient (Wildman–Crippen LogP) is 2.48. The minimum absolute atomic E-state index is 0.0342. The lowest BCUT2D eigenvalue weighted by Crippen LogP contribution is -2.46. The summed E-state index contributed by atoms with van der Waals surface area (Å²) in [5.41, 5.74) is 11.3. The normalized spacial score (nSPS) is 11.9. The third kappa shape index (κ3) is 4.14. The van der Waals surface area contributed by atoms with Gasteiger partial charge in [-0.1, -0.05) is 17.7 Å². The van der Waals surface area contributed by atoms with Crippen molar-refractivity contribution < 1.29 is 0 Å². The Balaban J connectivity index is 2.64. The lowest BCUT2D eigenvalue weighted by Gasteiger charge is -2.24. The average Bonchev–Trinajstić information content (AvgIpc) is 2.22. The molecule has 0 saturated heterocycles. The first-order valence-electron chi connectivity index (χ1n) is 6.37. The summed E-state index contributed by atoms with van der Waals surface area (Å²) in [4.78, 5) is 0. The molecular formula is C15H26N2. The van der Waals surface area contributed by atoms with Crippen LogP contribution in [-0.4, -0.2) is 18.6 Å². The number of hydrogen-bond acceptors (Lipinski definition) is 2. The maximum Gasteiger partial charge on any atom is 0.0247 e. The molecule has 0 fully saturated rings. The van der Waals surface area contributed by atoms with Crippen LogP contribution in [-0.2, 0) is 6.42 Å². The zero-order chi connectivity index (χ0) is 13.1. The standard InChI is InChI=1S/C15H26N2/c1-11-8-12(2)14(13(3)9-11)6-7-17-15(4,5)10-16/h8-9,17H,6-7,10,16H2,1-5H3. The zero-order valence-corrected chi connectivity index (χ0v) is 11.9. The van der Waals surface area contributed by atoms with Crippen LogP contribution in [0.4, 0.5) is 0 Å². The lowest BCUT2D eigenvalue weighted by atomic mass is 9.97. The van der Waals surface area contributed by atoms with E-state index in [-0.39, 0.29) is 5.54 Å². The number of hydrogen-bond donors (Lipinski definition) is 2. The van der Waals surface area contributed by atoms with Crippen LogP contribution in [0.15, 0.2) is 12.1 Å². The van der Waals surface area contributed by atoms with E-state index >= 15 is 0 Å². The molecule has 1 aromatic carbocycles. The Hall–Kier alpha value is -0.860. The molecule has 17 heavy (non-hydrogen) atoms. The van der Waals surface area contributed by atoms with Gasteiger partial charge in [0, 0.05) is 12.1 Å². The van der Waals surface area contributed by atoms with Crippen LogP contribution in [0, 0.1) is 20.8 Å². The minimum Gasteiger partial charge on any atom is -0.329 e. The van der Waals surface area contributed by atoms with Crippen molar-refractivity contribution in [2.24, 2.45) is 5.73 Å². The molecule has 1 aromatic rings. The van der Waals surface area contributed by atoms with Crippen LogP contribution in [0.3, 0.4) is 0 Å². The summed E-state index contributed by atoms with van der Waals surface area (Å²) in [5, 5.41) is 3.50. The topological polar surface area (TPSA) is 38.0 Å². The summed E-state index contributed by atoms with van der Waals surface area (Å²) in [6.07, 6.45) is 1.07. The SMILES string of the molecule is Cc1cc(C)c(CCNC(C)(C)CN)c(C)c1. The van der Waals surface area contributed by atoms with E-state index in [2.05, 4.69) is 52.1 Å². The molecule has 2 heteroatoms. The molecule has 0 radical (unpaired) electrons. The highest BCUT2D eigenvalue weighted by Gasteiger charge is 2.14. The molecule has 0 aliphatic carbocycles. The van der Waals surface area contributed by atoms with Crippen LogP contribution in [0.5, 0.6) is 0 Å². The molecule has 0 aromatic heterocycles. The Bertz CT molecular complexity index is 358. The van der Waals surface area contributed by atoms with Gasteiger partial charge in [0.1, 0.15) is 0 Å². The van der Waals surface area contributed by atoms with Crippen molar-refractivity contribution in [1.29, 1.82) is 0 Å². The second-order valence-corrected chi connectivity index (χ2v) is 5.64. The van der Waals surface area contributed by atoms with Crippen molar-refractivity contribution in [2.75, 3.05) is 13.1 Å². The largest absolute Gasteiger partial charge is 0.329 e. The molecule has 0 bridgehead atoms. The van der Waals surface area contributed by atoms with Gasteiger partial charge in [-0.2, -0.15) is 0 Å². The first kappa shape index (κ1) is 14.2. The van der Waals surface area contributed by atoms with Crippen molar-refractivity contribution in [3.63, 3.8) is 0 Å². The van der Waals surface area contributed by atoms with Crippen molar-refractivity contribution in [2.45, 2.75) is 46.6 Å². The van der Waals surface area contributed by atoms with E-state index in [4.69, 9.17) is 5.73 Å². The molecule has 0 saturated carbocycles. The molecule has 3 N–H and O–H groups in total. The summed E-state index contributed by atoms with van der Waals surface area (Å²) < 4.78 is 0. The van der Waals surface area contributed by atoms with Gasteiger partial charge in [0.2, 0.25) is 0 Å². The van der Waals surface area contributed by atoms with Gasteiger partial charge in [0.15, 0.2) is 0 Å². The van der Waals surface area contributed by atoms with Gasteiger partial charge in [-0.05, 0) is 64.3 Å². The van der Waals surface area contributed by atoms with Crippen LogP contribution in [0.2, 0.25) is 0 Å². The second-order valence-electron chi connectivity index (χ2n) is 5.64. The summed E-state index contributed by atoms with van der Waals surface area (Å²) in [7, 11) is 0. The van der Waals surface area contributed by atoms with E-state index in [1.165, 1.54) is 22.3 Å². The molecule has 2 nitrogen and oxygen atoms in total. The number of benzene rings is 1. The molecule has 0 unspecified atom stereocenters. The van der Waals surface area contributed by atoms with Gasteiger partial charge < -0.3 is 11.1 Å². The highest BCUT2D eigenvalue weighted by atomic mass is 15.0. The molecule has 0 aliphatic heterocycles. The summed E-state index contributed by atoms with van der Waals surface area (Å²) >= 11 is 0. The lowest BCUT2D eigenvalue weighted by molar-refractivity contribution is 0.401. The molecule has 96 valence electrons. The predicted molar refractivity (Wildman–Crippen MR) is 75.5 cm³/mol. The highest BCUT2D eigenvalue weighted by Crippen LogP contribution is 2.16. The van der Waals surface area contributed by atoms with Crippen molar-refractivity contribution in [3.05, 3.63) is 34.4 Å². The van der Waals surface area contributed by atoms with Gasteiger partial charge in [-0.25, -0.2) is 0 Å². The van der Waals surface area contributed by atoms with E-state index in [9.17, 15) is 0 Å². The van der Waals surface area contributed by atoms with E-state index in [1.807, 2.05) is 0 Å². The Kier molecular flexibility index (Phi) is 4.72. The Morgan fingerprint density at radius 1 is 1.12 bits per heavy atom. The smallest absolute Gasteiger partial charge is 0.0247 e. The summed E-state index contributed by atoms with van der Waals surface area (Å²) in [5.74, 6) is 0. The Morgan fingerprint density at radius 3 is 2.12 bits per heavy atom. The third-order valence-corrected chi connectivity index (χ3v) is 3.33. The maximum atomic E-state index is 5.70. The highest BCUT2D eigenvalue weighted by molar-refractivity contribution is 5.37.